The summed E-state index contributed by atoms with van der Waals surface area (Å²) < 4.78 is 0. The fourth-order valence-corrected chi connectivity index (χ4v) is 1.26. The van der Waals surface area contributed by atoms with Crippen LogP contribution in [0.5, 0.6) is 5.75 Å². The van der Waals surface area contributed by atoms with Gasteiger partial charge in [0.1, 0.15) is 22.9 Å². The molecule has 0 aromatic heterocycles. The van der Waals surface area contributed by atoms with Crippen LogP contribution in [0.3, 0.4) is 0 Å². The molecule has 1 rings (SSSR count). The summed E-state index contributed by atoms with van der Waals surface area (Å²) in [4.78, 5) is 21.1. The van der Waals surface area contributed by atoms with Crippen molar-refractivity contribution in [3.8, 4) is 11.8 Å². The largest absolute Gasteiger partial charge is 0.507 e. The Morgan fingerprint density at radius 3 is 2.69 bits per heavy atom. The van der Waals surface area contributed by atoms with Crippen LogP contribution in [0.2, 0.25) is 0 Å². The molecule has 16 heavy (non-hydrogen) atoms. The van der Waals surface area contributed by atoms with E-state index in [0.29, 0.717) is 0 Å². The molecule has 1 N–H and O–H groups in total. The van der Waals surface area contributed by atoms with Gasteiger partial charge in [-0.05, 0) is 6.07 Å². The first kappa shape index (κ1) is 11.9. The van der Waals surface area contributed by atoms with Crippen molar-refractivity contribution in [2.24, 2.45) is 0 Å². The fraction of sp³-hybridized carbons (Fsp3) is 0.111. The number of hydrogen-bond donors (Lipinski definition) is 1. The maximum absolute atomic E-state index is 11.3. The number of benzene rings is 1. The normalized spacial score (nSPS) is 9.50. The van der Waals surface area contributed by atoms with Crippen molar-refractivity contribution in [3.05, 3.63) is 33.4 Å². The Kier molecular flexibility index (Phi) is 3.43. The molecule has 0 aliphatic rings. The number of carbonyl (C=O) groups is 1. The number of halogens is 1. The van der Waals surface area contributed by atoms with E-state index >= 15 is 0 Å². The molecule has 0 saturated carbocycles. The number of nitro groups is 1. The van der Waals surface area contributed by atoms with Gasteiger partial charge in [0.15, 0.2) is 5.78 Å². The average Bonchev–Trinajstić information content (AvgIpc) is 2.27. The van der Waals surface area contributed by atoms with Gasteiger partial charge in [-0.1, -0.05) is 0 Å². The zero-order chi connectivity index (χ0) is 12.3. The highest BCUT2D eigenvalue weighted by Gasteiger charge is 2.22. The highest BCUT2D eigenvalue weighted by atomic mass is 35.5. The fourth-order valence-electron chi connectivity index (χ4n) is 1.11. The second-order valence-electron chi connectivity index (χ2n) is 2.81. The number of aromatic hydroxyl groups is 1. The zero-order valence-electron chi connectivity index (χ0n) is 7.81. The number of phenolic OH excluding ortho intramolecular Hbond substituents is 1. The Bertz CT molecular complexity index is 507. The standard InChI is InChI=1S/C9H5ClN2O4/c10-3-9(14)6-2-8(13)5(4-11)1-7(6)12(15)16/h1-2,13H,3H2. The van der Waals surface area contributed by atoms with E-state index in [1.54, 1.807) is 6.07 Å². The van der Waals surface area contributed by atoms with E-state index in [4.69, 9.17) is 16.9 Å². The van der Waals surface area contributed by atoms with Crippen LogP contribution in [0.25, 0.3) is 0 Å². The third-order valence-corrected chi connectivity index (χ3v) is 2.10. The van der Waals surface area contributed by atoms with Crippen molar-refractivity contribution in [1.29, 1.82) is 5.26 Å². The number of hydrogen-bond acceptors (Lipinski definition) is 5. The van der Waals surface area contributed by atoms with Gasteiger partial charge < -0.3 is 5.11 Å². The van der Waals surface area contributed by atoms with Crippen molar-refractivity contribution in [1.82, 2.24) is 0 Å². The van der Waals surface area contributed by atoms with Crippen molar-refractivity contribution >= 4 is 23.1 Å². The molecule has 0 atom stereocenters. The molecule has 0 heterocycles. The Labute approximate surface area is 94.8 Å². The summed E-state index contributed by atoms with van der Waals surface area (Å²) >= 11 is 5.27. The van der Waals surface area contributed by atoms with Crippen LogP contribution in [0.15, 0.2) is 12.1 Å². The minimum absolute atomic E-state index is 0.266. The smallest absolute Gasteiger partial charge is 0.281 e. The van der Waals surface area contributed by atoms with E-state index < -0.39 is 28.0 Å². The van der Waals surface area contributed by atoms with Gasteiger partial charge in [-0.3, -0.25) is 14.9 Å². The number of alkyl halides is 1. The molecule has 0 unspecified atom stereocenters. The quantitative estimate of drug-likeness (QED) is 0.374. The van der Waals surface area contributed by atoms with Crippen LogP contribution in [-0.4, -0.2) is 21.7 Å². The third kappa shape index (κ3) is 2.10. The first-order valence-corrected chi connectivity index (χ1v) is 4.55. The minimum atomic E-state index is -0.805. The number of carbonyl (C=O) groups excluding carboxylic acids is 1. The van der Waals surface area contributed by atoms with Crippen LogP contribution >= 0.6 is 11.6 Å². The summed E-state index contributed by atoms with van der Waals surface area (Å²) in [7, 11) is 0. The molecule has 0 saturated heterocycles. The van der Waals surface area contributed by atoms with E-state index in [1.807, 2.05) is 0 Å². The van der Waals surface area contributed by atoms with Crippen LogP contribution < -0.4 is 0 Å². The lowest BCUT2D eigenvalue weighted by Crippen LogP contribution is -2.05. The van der Waals surface area contributed by atoms with Gasteiger partial charge in [0.05, 0.1) is 10.8 Å². The number of nitro benzene ring substituents is 1. The SMILES string of the molecule is N#Cc1cc([N+](=O)[O-])c(C(=O)CCl)cc1O. The highest BCUT2D eigenvalue weighted by molar-refractivity contribution is 6.31. The second kappa shape index (κ2) is 4.59. The summed E-state index contributed by atoms with van der Waals surface area (Å²) in [5, 5.41) is 28.5. The van der Waals surface area contributed by atoms with E-state index in [0.717, 1.165) is 12.1 Å². The Hall–Kier alpha value is -2.13. The number of rotatable bonds is 3. The number of phenols is 1. The van der Waals surface area contributed by atoms with Gasteiger partial charge in [-0.25, -0.2) is 0 Å². The lowest BCUT2D eigenvalue weighted by atomic mass is 10.1. The van der Waals surface area contributed by atoms with Gasteiger partial charge in [-0.15, -0.1) is 11.6 Å². The molecule has 1 aromatic carbocycles. The molecule has 1 aromatic rings. The molecule has 0 fully saturated rings. The van der Waals surface area contributed by atoms with E-state index in [-0.39, 0.29) is 11.1 Å². The van der Waals surface area contributed by atoms with Gasteiger partial charge in [0.25, 0.3) is 5.69 Å². The van der Waals surface area contributed by atoms with E-state index in [1.165, 1.54) is 0 Å². The number of Topliss-reactive ketones (excluding diaryl/α,β-unsaturated/α-hetero) is 1. The number of nitrogens with zero attached hydrogens (tertiary/aromatic N) is 2. The van der Waals surface area contributed by atoms with Crippen molar-refractivity contribution in [2.45, 2.75) is 0 Å². The first-order valence-electron chi connectivity index (χ1n) is 4.02. The summed E-state index contributed by atoms with van der Waals surface area (Å²) in [5.74, 6) is -1.61. The molecular weight excluding hydrogens is 236 g/mol. The van der Waals surface area contributed by atoms with Crippen LogP contribution in [0.1, 0.15) is 15.9 Å². The van der Waals surface area contributed by atoms with E-state index in [2.05, 4.69) is 0 Å². The molecule has 7 heteroatoms. The Morgan fingerprint density at radius 1 is 1.62 bits per heavy atom. The third-order valence-electron chi connectivity index (χ3n) is 1.85. The maximum atomic E-state index is 11.3. The van der Waals surface area contributed by atoms with Crippen molar-refractivity contribution in [3.63, 3.8) is 0 Å². The Morgan fingerprint density at radius 2 is 2.25 bits per heavy atom. The molecular formula is C9H5ClN2O4. The van der Waals surface area contributed by atoms with Crippen molar-refractivity contribution < 1.29 is 14.8 Å². The lowest BCUT2D eigenvalue weighted by Gasteiger charge is -2.02. The molecule has 0 bridgehead atoms. The molecule has 0 spiro atoms. The summed E-state index contributed by atoms with van der Waals surface area (Å²) in [6.07, 6.45) is 0. The zero-order valence-corrected chi connectivity index (χ0v) is 8.56. The summed E-state index contributed by atoms with van der Waals surface area (Å²) in [6, 6.07) is 3.29. The topological polar surface area (TPSA) is 104 Å². The number of ketones is 1. The second-order valence-corrected chi connectivity index (χ2v) is 3.08. The monoisotopic (exact) mass is 240 g/mol. The molecule has 6 nitrogen and oxygen atoms in total. The van der Waals surface area contributed by atoms with Gasteiger partial charge in [-0.2, -0.15) is 5.26 Å². The lowest BCUT2D eigenvalue weighted by molar-refractivity contribution is -0.385. The van der Waals surface area contributed by atoms with Crippen LogP contribution in [0, 0.1) is 21.4 Å². The van der Waals surface area contributed by atoms with E-state index in [9.17, 15) is 20.0 Å². The molecule has 0 aliphatic heterocycles. The summed E-state index contributed by atoms with van der Waals surface area (Å²) in [5.41, 5.74) is -1.12. The number of nitriles is 1. The van der Waals surface area contributed by atoms with Gasteiger partial charge in [0, 0.05) is 6.07 Å². The molecule has 0 aliphatic carbocycles. The molecule has 82 valence electrons. The average molecular weight is 241 g/mol. The van der Waals surface area contributed by atoms with Gasteiger partial charge >= 0.3 is 0 Å². The van der Waals surface area contributed by atoms with Crippen molar-refractivity contribution in [2.75, 3.05) is 5.88 Å². The van der Waals surface area contributed by atoms with Crippen LogP contribution in [0.4, 0.5) is 5.69 Å². The predicted octanol–water partition coefficient (Wildman–Crippen LogP) is 1.59. The van der Waals surface area contributed by atoms with Crippen LogP contribution in [-0.2, 0) is 0 Å². The van der Waals surface area contributed by atoms with Gasteiger partial charge in [0.2, 0.25) is 0 Å². The minimum Gasteiger partial charge on any atom is -0.507 e. The summed E-state index contributed by atoms with van der Waals surface area (Å²) in [6.45, 7) is 0. The maximum Gasteiger partial charge on any atom is 0.281 e. The molecule has 0 amide bonds. The Balaban J connectivity index is 3.49. The highest BCUT2D eigenvalue weighted by Crippen LogP contribution is 2.27. The first-order chi connectivity index (χ1) is 7.51. The predicted molar refractivity (Wildman–Crippen MR) is 54.5 cm³/mol. The molecule has 0 radical (unpaired) electrons.